The maximum absolute atomic E-state index is 12.2. The number of anilines is 2. The summed E-state index contributed by atoms with van der Waals surface area (Å²) in [5.74, 6) is -0.380. The van der Waals surface area contributed by atoms with E-state index in [2.05, 4.69) is 16.8 Å². The fraction of sp³-hybridized carbons (Fsp3) is 0.286. The molecular weight excluding hydrogens is 326 g/mol. The van der Waals surface area contributed by atoms with Crippen LogP contribution in [0.1, 0.15) is 21.5 Å². The molecule has 0 atom stereocenters. The highest BCUT2D eigenvalue weighted by Crippen LogP contribution is 2.32. The van der Waals surface area contributed by atoms with Crippen molar-refractivity contribution in [2.24, 2.45) is 0 Å². The summed E-state index contributed by atoms with van der Waals surface area (Å²) in [6.07, 6.45) is 3.86. The molecule has 0 spiro atoms. The van der Waals surface area contributed by atoms with Crippen LogP contribution in [0.15, 0.2) is 42.5 Å². The third kappa shape index (κ3) is 3.89. The van der Waals surface area contributed by atoms with Crippen molar-refractivity contribution in [3.8, 4) is 0 Å². The fourth-order valence-electron chi connectivity index (χ4n) is 3.16. The Balaban J connectivity index is 1.99. The van der Waals surface area contributed by atoms with Crippen molar-refractivity contribution in [3.05, 3.63) is 59.2 Å². The lowest BCUT2D eigenvalue weighted by Gasteiger charge is -2.35. The van der Waals surface area contributed by atoms with Crippen molar-refractivity contribution in [1.29, 1.82) is 0 Å². The van der Waals surface area contributed by atoms with E-state index in [1.165, 1.54) is 7.11 Å². The predicted molar refractivity (Wildman–Crippen MR) is 107 cm³/mol. The first kappa shape index (κ1) is 18.0. The van der Waals surface area contributed by atoms with E-state index in [-0.39, 0.29) is 5.97 Å². The highest BCUT2D eigenvalue weighted by Gasteiger charge is 2.21. The molecule has 0 aliphatic carbocycles. The van der Waals surface area contributed by atoms with Gasteiger partial charge < -0.3 is 20.3 Å². The zero-order valence-electron chi connectivity index (χ0n) is 15.3. The van der Waals surface area contributed by atoms with Crippen LogP contribution in [0.25, 0.3) is 12.2 Å². The molecule has 26 heavy (non-hydrogen) atoms. The number of ether oxygens (including phenoxy) is 1. The van der Waals surface area contributed by atoms with Crippen LogP contribution >= 0.6 is 0 Å². The van der Waals surface area contributed by atoms with Gasteiger partial charge in [0.05, 0.1) is 24.0 Å². The lowest BCUT2D eigenvalue weighted by Crippen LogP contribution is -2.44. The van der Waals surface area contributed by atoms with E-state index >= 15 is 0 Å². The molecule has 0 aromatic heterocycles. The van der Waals surface area contributed by atoms with E-state index in [4.69, 9.17) is 10.5 Å². The number of esters is 1. The first-order valence-electron chi connectivity index (χ1n) is 8.77. The maximum Gasteiger partial charge on any atom is 0.338 e. The number of rotatable bonds is 4. The fourth-order valence-corrected chi connectivity index (χ4v) is 3.16. The average Bonchev–Trinajstić information content (AvgIpc) is 2.68. The van der Waals surface area contributed by atoms with Gasteiger partial charge in [0.15, 0.2) is 0 Å². The molecule has 0 amide bonds. The molecule has 5 heteroatoms. The van der Waals surface area contributed by atoms with Crippen LogP contribution in [0.2, 0.25) is 0 Å². The van der Waals surface area contributed by atoms with Crippen LogP contribution in [0.5, 0.6) is 0 Å². The van der Waals surface area contributed by atoms with Gasteiger partial charge in [-0.05, 0) is 24.7 Å². The molecule has 2 aromatic rings. The van der Waals surface area contributed by atoms with Crippen LogP contribution < -0.4 is 10.6 Å². The van der Waals surface area contributed by atoms with E-state index in [9.17, 15) is 4.79 Å². The number of methoxy groups -OCH3 is 1. The summed E-state index contributed by atoms with van der Waals surface area (Å²) in [5, 5.41) is 0. The molecule has 2 aromatic carbocycles. The number of carbonyl (C=O) groups is 1. The zero-order chi connectivity index (χ0) is 18.5. The van der Waals surface area contributed by atoms with Gasteiger partial charge in [-0.25, -0.2) is 4.79 Å². The van der Waals surface area contributed by atoms with Gasteiger partial charge in [0.25, 0.3) is 0 Å². The molecule has 0 unspecified atom stereocenters. The van der Waals surface area contributed by atoms with Gasteiger partial charge in [-0.3, -0.25) is 0 Å². The lowest BCUT2D eigenvalue weighted by molar-refractivity contribution is 0.0600. The van der Waals surface area contributed by atoms with Crippen molar-refractivity contribution < 1.29 is 9.53 Å². The van der Waals surface area contributed by atoms with Crippen LogP contribution in [-0.4, -0.2) is 51.2 Å². The Bertz CT molecular complexity index is 794. The lowest BCUT2D eigenvalue weighted by atomic mass is 10.0. The van der Waals surface area contributed by atoms with Gasteiger partial charge in [0.1, 0.15) is 0 Å². The van der Waals surface area contributed by atoms with Gasteiger partial charge in [0, 0.05) is 31.7 Å². The Kier molecular flexibility index (Phi) is 5.58. The average molecular weight is 351 g/mol. The number of hydrogen-bond donors (Lipinski definition) is 1. The number of nitrogens with zero attached hydrogens (tertiary/aromatic N) is 2. The van der Waals surface area contributed by atoms with E-state index in [0.717, 1.165) is 37.4 Å². The summed E-state index contributed by atoms with van der Waals surface area (Å²) >= 11 is 0. The van der Waals surface area contributed by atoms with Crippen LogP contribution in [0.3, 0.4) is 0 Å². The Morgan fingerprint density at radius 1 is 1.04 bits per heavy atom. The Hall–Kier alpha value is -2.79. The highest BCUT2D eigenvalue weighted by molar-refractivity contribution is 5.99. The van der Waals surface area contributed by atoms with Gasteiger partial charge in [-0.2, -0.15) is 0 Å². The third-order valence-corrected chi connectivity index (χ3v) is 4.76. The van der Waals surface area contributed by atoms with Crippen LogP contribution in [0.4, 0.5) is 11.4 Å². The summed E-state index contributed by atoms with van der Waals surface area (Å²) in [6.45, 7) is 3.82. The van der Waals surface area contributed by atoms with Crippen LogP contribution in [0, 0.1) is 0 Å². The molecule has 0 radical (unpaired) electrons. The molecular formula is C21H25N3O2. The highest BCUT2D eigenvalue weighted by atomic mass is 16.5. The molecule has 1 aliphatic rings. The molecule has 1 heterocycles. The minimum Gasteiger partial charge on any atom is -0.465 e. The monoisotopic (exact) mass is 351 g/mol. The van der Waals surface area contributed by atoms with E-state index in [1.54, 1.807) is 6.07 Å². The summed E-state index contributed by atoms with van der Waals surface area (Å²) in [4.78, 5) is 16.8. The number of carbonyl (C=O) groups excluding carboxylic acids is 1. The SMILES string of the molecule is COC(=O)c1ccc(N2CCN(C)CC2)c(N)c1C=Cc1ccccc1. The molecule has 1 fully saturated rings. The van der Waals surface area contributed by atoms with Gasteiger partial charge in [0.2, 0.25) is 0 Å². The summed E-state index contributed by atoms with van der Waals surface area (Å²) in [7, 11) is 3.51. The zero-order valence-corrected chi connectivity index (χ0v) is 15.3. The van der Waals surface area contributed by atoms with Crippen molar-refractivity contribution in [3.63, 3.8) is 0 Å². The Morgan fingerprint density at radius 2 is 1.73 bits per heavy atom. The molecule has 1 aliphatic heterocycles. The first-order valence-corrected chi connectivity index (χ1v) is 8.77. The molecule has 0 saturated carbocycles. The largest absolute Gasteiger partial charge is 0.465 e. The molecule has 136 valence electrons. The second kappa shape index (κ2) is 8.06. The summed E-state index contributed by atoms with van der Waals surface area (Å²) in [6, 6.07) is 13.7. The Morgan fingerprint density at radius 3 is 2.38 bits per heavy atom. The van der Waals surface area contributed by atoms with Gasteiger partial charge in [-0.1, -0.05) is 42.5 Å². The summed E-state index contributed by atoms with van der Waals surface area (Å²) in [5.41, 5.74) is 10.3. The number of hydrogen-bond acceptors (Lipinski definition) is 5. The molecule has 3 rings (SSSR count). The number of nitrogens with two attached hydrogens (primary N) is 1. The minimum absolute atomic E-state index is 0.380. The second-order valence-electron chi connectivity index (χ2n) is 6.49. The van der Waals surface area contributed by atoms with E-state index in [1.807, 2.05) is 48.6 Å². The number of nitrogen functional groups attached to an aromatic ring is 1. The number of piperazine rings is 1. The number of benzene rings is 2. The molecule has 1 saturated heterocycles. The quantitative estimate of drug-likeness (QED) is 0.521. The van der Waals surface area contributed by atoms with Crippen molar-refractivity contribution in [2.45, 2.75) is 0 Å². The maximum atomic E-state index is 12.2. The minimum atomic E-state index is -0.380. The number of likely N-dealkylation sites (N-methyl/N-ethyl adjacent to an activating group) is 1. The smallest absolute Gasteiger partial charge is 0.338 e. The van der Waals surface area contributed by atoms with E-state index < -0.39 is 0 Å². The predicted octanol–water partition coefficient (Wildman–Crippen LogP) is 2.98. The van der Waals surface area contributed by atoms with Crippen molar-refractivity contribution >= 4 is 29.5 Å². The summed E-state index contributed by atoms with van der Waals surface area (Å²) < 4.78 is 4.93. The van der Waals surface area contributed by atoms with Crippen LogP contribution in [-0.2, 0) is 4.74 Å². The van der Waals surface area contributed by atoms with Gasteiger partial charge >= 0.3 is 5.97 Å². The van der Waals surface area contributed by atoms with Crippen molar-refractivity contribution in [2.75, 3.05) is 51.0 Å². The van der Waals surface area contributed by atoms with Crippen molar-refractivity contribution in [1.82, 2.24) is 4.90 Å². The molecule has 5 nitrogen and oxygen atoms in total. The molecule has 2 N–H and O–H groups in total. The Labute approximate surface area is 154 Å². The first-order chi connectivity index (χ1) is 12.6. The third-order valence-electron chi connectivity index (χ3n) is 4.76. The second-order valence-corrected chi connectivity index (χ2v) is 6.49. The normalized spacial score (nSPS) is 15.4. The van der Waals surface area contributed by atoms with E-state index in [0.29, 0.717) is 16.8 Å². The standard InChI is InChI=1S/C21H25N3O2/c1-23-12-14-24(15-13-23)19-11-10-18(21(25)26-2)17(20(19)22)9-8-16-6-4-3-5-7-16/h3-11H,12-15,22H2,1-2H3. The molecule has 0 bridgehead atoms. The van der Waals surface area contributed by atoms with Gasteiger partial charge in [-0.15, -0.1) is 0 Å². The topological polar surface area (TPSA) is 58.8 Å².